The fraction of sp³-hybridized carbons (Fsp3) is 0.450. The normalized spacial score (nSPS) is 19.0. The molecule has 9 heteroatoms. The zero-order valence-corrected chi connectivity index (χ0v) is 31.2. The summed E-state index contributed by atoms with van der Waals surface area (Å²) in [7, 11) is -4.38. The lowest BCUT2D eigenvalue weighted by atomic mass is 9.81. The maximum atomic E-state index is 12.1. The Morgan fingerprint density at radius 3 is 2.39 bits per heavy atom. The van der Waals surface area contributed by atoms with Crippen molar-refractivity contribution in [2.45, 2.75) is 104 Å². The van der Waals surface area contributed by atoms with Crippen molar-refractivity contribution in [1.82, 2.24) is 0 Å². The van der Waals surface area contributed by atoms with Gasteiger partial charge in [-0.2, -0.15) is 13.0 Å². The molecule has 3 heterocycles. The van der Waals surface area contributed by atoms with E-state index in [4.69, 9.17) is 9.84 Å². The monoisotopic (exact) mass is 687 g/mol. The van der Waals surface area contributed by atoms with Gasteiger partial charge in [0.15, 0.2) is 5.71 Å². The Hall–Kier alpha value is -3.95. The van der Waals surface area contributed by atoms with Crippen molar-refractivity contribution in [1.29, 1.82) is 0 Å². The highest BCUT2D eigenvalue weighted by molar-refractivity contribution is 7.85. The predicted octanol–water partition coefficient (Wildman–Crippen LogP) is 8.94. The number of allylic oxidation sites excluding steroid dienone is 7. The molecule has 0 saturated heterocycles. The van der Waals surface area contributed by atoms with Crippen LogP contribution in [0.4, 0.5) is 11.4 Å². The van der Waals surface area contributed by atoms with Crippen LogP contribution in [-0.2, 0) is 20.3 Å². The minimum atomic E-state index is -4.38. The highest BCUT2D eigenvalue weighted by atomic mass is 32.2. The van der Waals surface area contributed by atoms with Crippen LogP contribution < -0.4 is 9.64 Å². The van der Waals surface area contributed by atoms with Crippen molar-refractivity contribution in [3.05, 3.63) is 83.2 Å². The van der Waals surface area contributed by atoms with Crippen molar-refractivity contribution < 1.29 is 32.2 Å². The molecule has 5 rings (SSSR count). The third-order valence-corrected chi connectivity index (χ3v) is 10.8. The molecule has 2 N–H and O–H groups in total. The molecule has 0 radical (unpaired) electrons. The number of hydrogen-bond acceptors (Lipinski definition) is 5. The average Bonchev–Trinajstić information content (AvgIpc) is 3.19. The summed E-state index contributed by atoms with van der Waals surface area (Å²) in [6.07, 6.45) is 13.0. The Morgan fingerprint density at radius 1 is 1.04 bits per heavy atom. The van der Waals surface area contributed by atoms with Crippen LogP contribution in [0.2, 0.25) is 0 Å². The maximum absolute atomic E-state index is 12.1. The van der Waals surface area contributed by atoms with E-state index >= 15 is 0 Å². The summed E-state index contributed by atoms with van der Waals surface area (Å²) in [5.41, 5.74) is 7.42. The molecular formula is C40H51N2O6S+. The molecule has 0 atom stereocenters. The molecule has 0 amide bonds. The van der Waals surface area contributed by atoms with Crippen LogP contribution in [0.15, 0.2) is 71.4 Å². The number of carboxylic acid groups (broad SMARTS) is 1. The van der Waals surface area contributed by atoms with Crippen LogP contribution in [-0.4, -0.2) is 53.0 Å². The first kappa shape index (κ1) is 36.3. The van der Waals surface area contributed by atoms with Gasteiger partial charge in [-0.15, -0.1) is 0 Å². The van der Waals surface area contributed by atoms with Gasteiger partial charge in [-0.05, 0) is 89.8 Å². The maximum Gasteiger partial charge on any atom is 0.303 e. The summed E-state index contributed by atoms with van der Waals surface area (Å²) in [4.78, 5) is 13.3. The third-order valence-electron chi connectivity index (χ3n) is 9.92. The van der Waals surface area contributed by atoms with Gasteiger partial charge in [-0.25, -0.2) is 0 Å². The van der Waals surface area contributed by atoms with Gasteiger partial charge in [0.25, 0.3) is 10.1 Å². The number of likely N-dealkylation sites (N-methyl/N-ethyl adjacent to an activating group) is 1. The number of carbonyl (C=O) groups is 1. The Kier molecular flexibility index (Phi) is 9.69. The van der Waals surface area contributed by atoms with Crippen LogP contribution >= 0.6 is 0 Å². The number of nitrogens with zero attached hydrogens (tertiary/aromatic N) is 2. The van der Waals surface area contributed by atoms with Gasteiger partial charge in [-0.3, -0.25) is 9.35 Å². The van der Waals surface area contributed by atoms with E-state index in [2.05, 4.69) is 114 Å². The van der Waals surface area contributed by atoms with Crippen LogP contribution in [0.25, 0.3) is 11.1 Å². The van der Waals surface area contributed by atoms with E-state index in [1.807, 2.05) is 0 Å². The number of aliphatic carboxylic acids is 1. The summed E-state index contributed by atoms with van der Waals surface area (Å²) in [5, 5.41) is 9.08. The van der Waals surface area contributed by atoms with E-state index in [1.54, 1.807) is 12.1 Å². The summed E-state index contributed by atoms with van der Waals surface area (Å²) in [6.45, 7) is 20.9. The van der Waals surface area contributed by atoms with E-state index in [-0.39, 0.29) is 22.3 Å². The Balaban J connectivity index is 1.59. The van der Waals surface area contributed by atoms with Crippen molar-refractivity contribution in [3.8, 4) is 5.75 Å². The molecule has 0 aromatic heterocycles. The van der Waals surface area contributed by atoms with Gasteiger partial charge in [0, 0.05) is 65.4 Å². The van der Waals surface area contributed by atoms with Crippen molar-refractivity contribution >= 4 is 44.3 Å². The molecule has 0 spiro atoms. The molecule has 2 aromatic rings. The van der Waals surface area contributed by atoms with Gasteiger partial charge in [0.05, 0.1) is 15.8 Å². The lowest BCUT2D eigenvalue weighted by Crippen LogP contribution is -2.45. The third kappa shape index (κ3) is 7.19. The van der Waals surface area contributed by atoms with Gasteiger partial charge in [-0.1, -0.05) is 39.0 Å². The number of hydrogen-bond donors (Lipinski definition) is 2. The van der Waals surface area contributed by atoms with E-state index in [9.17, 15) is 17.8 Å². The standard InChI is InChI=1S/C40H50N2O6S/c1-10-42-33-24-34-30(23-29(33)26(2)25-39(42,6)7)27(21-36(48-34)38(3,4)5)15-14-16-35-40(8,9)31-22-28(49(45,46)47)18-19-32(31)41(35)20-13-11-12-17-37(43)44/h14-16,18-19,21-25H,10-13,17,20H2,1-9H3,(H-,43,44,45,46,47)/p+1. The first-order valence-electron chi connectivity index (χ1n) is 17.2. The molecule has 262 valence electrons. The number of anilines is 1. The molecule has 0 bridgehead atoms. The molecule has 3 aliphatic rings. The van der Waals surface area contributed by atoms with E-state index in [0.717, 1.165) is 59.0 Å². The average molecular weight is 688 g/mol. The molecule has 2 aromatic carbocycles. The molecule has 0 saturated carbocycles. The first-order valence-corrected chi connectivity index (χ1v) is 18.6. The highest BCUT2D eigenvalue weighted by Crippen LogP contribution is 2.47. The smallest absolute Gasteiger partial charge is 0.303 e. The minimum Gasteiger partial charge on any atom is -0.481 e. The second kappa shape index (κ2) is 13.1. The topological polar surface area (TPSA) is 107 Å². The lowest BCUT2D eigenvalue weighted by Gasteiger charge is -2.43. The van der Waals surface area contributed by atoms with Gasteiger partial charge in [0.2, 0.25) is 5.69 Å². The highest BCUT2D eigenvalue weighted by Gasteiger charge is 2.45. The number of fused-ring (bicyclic) bond motifs is 3. The SMILES string of the molecule is CCN1c2cc3c(cc2C(C)=CC1(C)C)/C(=C/C=C/C1=[N+](CCCCCC(=O)O)c2ccc(S(=O)(=O)O)cc2C1(C)C)C=C(C(C)(C)C)O3. The molecule has 3 aliphatic heterocycles. The Labute approximate surface area is 291 Å². The number of rotatable bonds is 10. The minimum absolute atomic E-state index is 0.119. The molecule has 49 heavy (non-hydrogen) atoms. The van der Waals surface area contributed by atoms with Crippen molar-refractivity contribution in [2.24, 2.45) is 5.41 Å². The van der Waals surface area contributed by atoms with Crippen LogP contribution in [0.1, 0.15) is 105 Å². The Bertz CT molecular complexity index is 1950. The summed E-state index contributed by atoms with van der Waals surface area (Å²) >= 11 is 0. The van der Waals surface area contributed by atoms with Gasteiger partial charge >= 0.3 is 5.97 Å². The second-order valence-corrected chi connectivity index (χ2v) is 16.9. The first-order chi connectivity index (χ1) is 22.8. The van der Waals surface area contributed by atoms with Gasteiger partial charge < -0.3 is 14.7 Å². The zero-order valence-electron chi connectivity index (χ0n) is 30.3. The summed E-state index contributed by atoms with van der Waals surface area (Å²) < 4.78 is 42.8. The van der Waals surface area contributed by atoms with Gasteiger partial charge in [0.1, 0.15) is 18.1 Å². The van der Waals surface area contributed by atoms with Crippen molar-refractivity contribution in [3.63, 3.8) is 0 Å². The molecular weight excluding hydrogens is 637 g/mol. The van der Waals surface area contributed by atoms with Crippen LogP contribution in [0.3, 0.4) is 0 Å². The molecule has 0 aliphatic carbocycles. The predicted molar refractivity (Wildman–Crippen MR) is 198 cm³/mol. The van der Waals surface area contributed by atoms with Crippen LogP contribution in [0, 0.1) is 5.41 Å². The summed E-state index contributed by atoms with van der Waals surface area (Å²) in [6, 6.07) is 9.18. The second-order valence-electron chi connectivity index (χ2n) is 15.5. The summed E-state index contributed by atoms with van der Waals surface area (Å²) in [5.74, 6) is 0.911. The number of unbranched alkanes of at least 4 members (excludes halogenated alkanes) is 2. The Morgan fingerprint density at radius 2 is 1.76 bits per heavy atom. The number of ether oxygens (including phenoxy) is 1. The van der Waals surface area contributed by atoms with Crippen molar-refractivity contribution in [2.75, 3.05) is 18.0 Å². The fourth-order valence-electron chi connectivity index (χ4n) is 7.39. The number of benzene rings is 2. The number of carboxylic acids is 1. The van der Waals surface area contributed by atoms with Crippen LogP contribution in [0.5, 0.6) is 5.75 Å². The zero-order chi connectivity index (χ0) is 36.1. The van der Waals surface area contributed by atoms with E-state index < -0.39 is 21.5 Å². The molecule has 8 nitrogen and oxygen atoms in total. The fourth-order valence-corrected chi connectivity index (χ4v) is 7.90. The van der Waals surface area contributed by atoms with E-state index in [0.29, 0.717) is 13.0 Å². The molecule has 0 unspecified atom stereocenters. The van der Waals surface area contributed by atoms with E-state index in [1.165, 1.54) is 22.9 Å². The largest absolute Gasteiger partial charge is 0.481 e. The molecule has 0 fully saturated rings. The quantitative estimate of drug-likeness (QED) is 0.146. The lowest BCUT2D eigenvalue weighted by molar-refractivity contribution is -0.438.